The lowest BCUT2D eigenvalue weighted by Crippen LogP contribution is -2.31. The first kappa shape index (κ1) is 19.8. The van der Waals surface area contributed by atoms with E-state index in [0.29, 0.717) is 25.9 Å². The summed E-state index contributed by atoms with van der Waals surface area (Å²) >= 11 is 0. The van der Waals surface area contributed by atoms with Crippen molar-refractivity contribution in [2.24, 2.45) is 0 Å². The molecule has 30 heavy (non-hydrogen) atoms. The third-order valence-electron chi connectivity index (χ3n) is 5.53. The first-order chi connectivity index (χ1) is 14.6. The summed E-state index contributed by atoms with van der Waals surface area (Å²) in [4.78, 5) is 19.6. The molecule has 0 aliphatic heterocycles. The third kappa shape index (κ3) is 3.83. The molecule has 2 aromatic carbocycles. The molecule has 0 atom stereocenters. The van der Waals surface area contributed by atoms with E-state index in [2.05, 4.69) is 13.5 Å². The number of rotatable bonds is 7. The lowest BCUT2D eigenvalue weighted by Gasteiger charge is -2.22. The van der Waals surface area contributed by atoms with Gasteiger partial charge < -0.3 is 4.90 Å². The van der Waals surface area contributed by atoms with Crippen molar-refractivity contribution in [2.75, 3.05) is 6.54 Å². The molecule has 0 bridgehead atoms. The predicted molar refractivity (Wildman–Crippen MR) is 120 cm³/mol. The summed E-state index contributed by atoms with van der Waals surface area (Å²) in [6.07, 6.45) is 2.84. The Kier molecular flexibility index (Phi) is 5.61. The summed E-state index contributed by atoms with van der Waals surface area (Å²) in [7, 11) is 0. The van der Waals surface area contributed by atoms with E-state index >= 15 is 0 Å². The van der Waals surface area contributed by atoms with Crippen LogP contribution < -0.4 is 0 Å². The number of amides is 1. The van der Waals surface area contributed by atoms with Gasteiger partial charge in [0.15, 0.2) is 5.65 Å². The van der Waals surface area contributed by atoms with Crippen molar-refractivity contribution in [1.82, 2.24) is 19.5 Å². The first-order valence-electron chi connectivity index (χ1n) is 10.2. The normalized spacial score (nSPS) is 11.1. The Bertz CT molecular complexity index is 1210. The number of hydrogen-bond acceptors (Lipinski definition) is 3. The zero-order chi connectivity index (χ0) is 21.1. The van der Waals surface area contributed by atoms with Crippen molar-refractivity contribution >= 4 is 22.5 Å². The molecule has 4 aromatic rings. The van der Waals surface area contributed by atoms with E-state index in [0.717, 1.165) is 39.1 Å². The molecule has 152 valence electrons. The number of nitrogens with zero attached hydrogens (tertiary/aromatic N) is 4. The summed E-state index contributed by atoms with van der Waals surface area (Å²) in [6, 6.07) is 18.1. The SMILES string of the molecule is C=CCN(Cc1ccccc1)C(=O)CCc1c(C)nc2c3ccccc3nn2c1C. The van der Waals surface area contributed by atoms with Gasteiger partial charge in [-0.3, -0.25) is 4.79 Å². The van der Waals surface area contributed by atoms with Crippen LogP contribution in [0.4, 0.5) is 0 Å². The number of carbonyl (C=O) groups excluding carboxylic acids is 1. The smallest absolute Gasteiger partial charge is 0.223 e. The molecule has 0 spiro atoms. The van der Waals surface area contributed by atoms with Gasteiger partial charge in [-0.1, -0.05) is 48.5 Å². The molecule has 0 saturated heterocycles. The molecular weight excluding hydrogens is 372 g/mol. The number of aryl methyl sites for hydroxylation is 2. The van der Waals surface area contributed by atoms with E-state index in [1.54, 1.807) is 6.08 Å². The van der Waals surface area contributed by atoms with Gasteiger partial charge in [-0.15, -0.1) is 6.58 Å². The molecule has 1 amide bonds. The van der Waals surface area contributed by atoms with Crippen LogP contribution in [0.15, 0.2) is 67.3 Å². The van der Waals surface area contributed by atoms with E-state index in [9.17, 15) is 4.79 Å². The Balaban J connectivity index is 1.56. The van der Waals surface area contributed by atoms with E-state index in [4.69, 9.17) is 10.1 Å². The Morgan fingerprint density at radius 2 is 1.83 bits per heavy atom. The van der Waals surface area contributed by atoms with Crippen LogP contribution in [-0.2, 0) is 17.8 Å². The van der Waals surface area contributed by atoms with Crippen LogP contribution in [0.5, 0.6) is 0 Å². The standard InChI is InChI=1S/C25H26N4O/c1-4-16-28(17-20-10-6-5-7-11-20)24(30)15-14-21-18(2)26-25-22-12-8-9-13-23(22)27-29(25)19(21)3/h4-13H,1,14-17H2,2-3H3. The molecule has 0 unspecified atom stereocenters. The second-order valence-corrected chi connectivity index (χ2v) is 7.56. The van der Waals surface area contributed by atoms with Crippen LogP contribution in [0, 0.1) is 13.8 Å². The first-order valence-corrected chi connectivity index (χ1v) is 10.2. The van der Waals surface area contributed by atoms with Gasteiger partial charge in [-0.05, 0) is 43.5 Å². The van der Waals surface area contributed by atoms with Crippen LogP contribution in [0.1, 0.15) is 28.9 Å². The molecule has 0 saturated carbocycles. The molecule has 2 heterocycles. The maximum absolute atomic E-state index is 13.0. The summed E-state index contributed by atoms with van der Waals surface area (Å²) in [6.45, 7) is 9.00. The fraction of sp³-hybridized carbons (Fsp3) is 0.240. The second-order valence-electron chi connectivity index (χ2n) is 7.56. The van der Waals surface area contributed by atoms with Crippen LogP contribution >= 0.6 is 0 Å². The molecule has 5 heteroatoms. The fourth-order valence-electron chi connectivity index (χ4n) is 3.94. The third-order valence-corrected chi connectivity index (χ3v) is 5.53. The molecule has 0 aliphatic carbocycles. The Hall–Kier alpha value is -3.47. The molecule has 0 fully saturated rings. The van der Waals surface area contributed by atoms with Gasteiger partial charge in [0.05, 0.1) is 5.52 Å². The molecule has 0 radical (unpaired) electrons. The summed E-state index contributed by atoms with van der Waals surface area (Å²) in [5.74, 6) is 0.114. The Morgan fingerprint density at radius 3 is 2.60 bits per heavy atom. The van der Waals surface area contributed by atoms with Crippen molar-refractivity contribution in [3.05, 3.63) is 89.8 Å². The van der Waals surface area contributed by atoms with Crippen LogP contribution in [0.25, 0.3) is 16.6 Å². The molecule has 0 N–H and O–H groups in total. The Morgan fingerprint density at radius 1 is 1.10 bits per heavy atom. The maximum atomic E-state index is 13.0. The highest BCUT2D eigenvalue weighted by atomic mass is 16.2. The highest BCUT2D eigenvalue weighted by Crippen LogP contribution is 2.23. The van der Waals surface area contributed by atoms with Crippen molar-refractivity contribution in [2.45, 2.75) is 33.2 Å². The minimum absolute atomic E-state index is 0.114. The molecular formula is C25H26N4O. The summed E-state index contributed by atoms with van der Waals surface area (Å²) in [5.41, 5.74) is 6.00. The van der Waals surface area contributed by atoms with Gasteiger partial charge in [0.25, 0.3) is 0 Å². The zero-order valence-corrected chi connectivity index (χ0v) is 17.5. The maximum Gasteiger partial charge on any atom is 0.223 e. The van der Waals surface area contributed by atoms with Crippen molar-refractivity contribution in [1.29, 1.82) is 0 Å². The lowest BCUT2D eigenvalue weighted by molar-refractivity contribution is -0.131. The number of hydrogen-bond donors (Lipinski definition) is 0. The van der Waals surface area contributed by atoms with E-state index < -0.39 is 0 Å². The van der Waals surface area contributed by atoms with E-state index in [-0.39, 0.29) is 5.91 Å². The molecule has 5 nitrogen and oxygen atoms in total. The predicted octanol–water partition coefficient (Wildman–Crippen LogP) is 4.65. The summed E-state index contributed by atoms with van der Waals surface area (Å²) in [5, 5.41) is 5.76. The number of benzene rings is 2. The monoisotopic (exact) mass is 398 g/mol. The molecule has 4 rings (SSSR count). The van der Waals surface area contributed by atoms with Crippen LogP contribution in [0.3, 0.4) is 0 Å². The van der Waals surface area contributed by atoms with Crippen molar-refractivity contribution in [3.63, 3.8) is 0 Å². The summed E-state index contributed by atoms with van der Waals surface area (Å²) < 4.78 is 1.91. The largest absolute Gasteiger partial charge is 0.335 e. The zero-order valence-electron chi connectivity index (χ0n) is 17.5. The van der Waals surface area contributed by atoms with Gasteiger partial charge in [0.2, 0.25) is 5.91 Å². The number of aromatic nitrogens is 3. The average molecular weight is 399 g/mol. The van der Waals surface area contributed by atoms with Gasteiger partial charge in [0.1, 0.15) is 0 Å². The number of carbonyl (C=O) groups is 1. The van der Waals surface area contributed by atoms with Crippen molar-refractivity contribution < 1.29 is 4.79 Å². The minimum Gasteiger partial charge on any atom is -0.335 e. The van der Waals surface area contributed by atoms with E-state index in [1.165, 1.54) is 0 Å². The Labute approximate surface area is 176 Å². The van der Waals surface area contributed by atoms with Gasteiger partial charge in [-0.25, -0.2) is 9.50 Å². The lowest BCUT2D eigenvalue weighted by atomic mass is 10.1. The molecule has 2 aromatic heterocycles. The van der Waals surface area contributed by atoms with Crippen LogP contribution in [-0.4, -0.2) is 31.9 Å². The van der Waals surface area contributed by atoms with Gasteiger partial charge in [-0.2, -0.15) is 5.10 Å². The molecule has 0 aliphatic rings. The fourth-order valence-corrected chi connectivity index (χ4v) is 3.94. The quantitative estimate of drug-likeness (QED) is 0.426. The van der Waals surface area contributed by atoms with Crippen LogP contribution in [0.2, 0.25) is 0 Å². The minimum atomic E-state index is 0.114. The highest BCUT2D eigenvalue weighted by molar-refractivity contribution is 5.92. The van der Waals surface area contributed by atoms with Gasteiger partial charge >= 0.3 is 0 Å². The topological polar surface area (TPSA) is 50.5 Å². The van der Waals surface area contributed by atoms with E-state index in [1.807, 2.05) is 70.9 Å². The van der Waals surface area contributed by atoms with Gasteiger partial charge in [0, 0.05) is 36.3 Å². The highest BCUT2D eigenvalue weighted by Gasteiger charge is 2.17. The number of fused-ring (bicyclic) bond motifs is 3. The second kappa shape index (κ2) is 8.49. The van der Waals surface area contributed by atoms with Crippen molar-refractivity contribution in [3.8, 4) is 0 Å². The average Bonchev–Trinajstić information content (AvgIpc) is 3.13.